The van der Waals surface area contributed by atoms with Gasteiger partial charge < -0.3 is 20.1 Å². The topological polar surface area (TPSA) is 87.0 Å². The second-order valence-corrected chi connectivity index (χ2v) is 4.31. The fourth-order valence-corrected chi connectivity index (χ4v) is 2.29. The Morgan fingerprint density at radius 1 is 1.41 bits per heavy atom. The van der Waals surface area contributed by atoms with Crippen LogP contribution in [-0.2, 0) is 14.9 Å². The highest BCUT2D eigenvalue weighted by Gasteiger charge is 2.55. The standard InChI is InChI=1S/C12H14O5/c1-17-10(11(15)16)12(4-5-12)8-6-7(13)2-3-9(8)14/h2-3,6,10,13-14H,4-5H2,1H3,(H,15,16). The van der Waals surface area contributed by atoms with E-state index in [2.05, 4.69) is 0 Å². The van der Waals surface area contributed by atoms with Gasteiger partial charge in [-0.3, -0.25) is 0 Å². The number of hydrogen-bond donors (Lipinski definition) is 3. The number of methoxy groups -OCH3 is 1. The fraction of sp³-hybridized carbons (Fsp3) is 0.417. The van der Waals surface area contributed by atoms with Crippen LogP contribution in [-0.4, -0.2) is 34.5 Å². The molecule has 0 aliphatic heterocycles. The van der Waals surface area contributed by atoms with Gasteiger partial charge in [0.25, 0.3) is 0 Å². The first kappa shape index (κ1) is 11.7. The number of aromatic hydroxyl groups is 2. The van der Waals surface area contributed by atoms with E-state index >= 15 is 0 Å². The maximum Gasteiger partial charge on any atom is 0.333 e. The maximum atomic E-state index is 11.1. The molecule has 0 radical (unpaired) electrons. The van der Waals surface area contributed by atoms with Gasteiger partial charge in [0.2, 0.25) is 0 Å². The molecule has 5 nitrogen and oxygen atoms in total. The van der Waals surface area contributed by atoms with E-state index in [-0.39, 0.29) is 11.5 Å². The van der Waals surface area contributed by atoms with E-state index in [1.165, 1.54) is 25.3 Å². The second kappa shape index (κ2) is 3.92. The number of rotatable bonds is 4. The zero-order valence-electron chi connectivity index (χ0n) is 9.38. The van der Waals surface area contributed by atoms with Crippen LogP contribution in [0.4, 0.5) is 0 Å². The lowest BCUT2D eigenvalue weighted by atomic mass is 9.89. The molecule has 1 fully saturated rings. The SMILES string of the molecule is COC(C(=O)O)C1(c2cc(O)ccc2O)CC1. The number of carboxylic acids is 1. The van der Waals surface area contributed by atoms with Gasteiger partial charge in [0.15, 0.2) is 6.10 Å². The Hall–Kier alpha value is -1.75. The minimum Gasteiger partial charge on any atom is -0.508 e. The molecule has 92 valence electrons. The van der Waals surface area contributed by atoms with Gasteiger partial charge in [-0.2, -0.15) is 0 Å². The number of phenolic OH excluding ortho intramolecular Hbond substituents is 2. The van der Waals surface area contributed by atoms with E-state index in [1.54, 1.807) is 0 Å². The Morgan fingerprint density at radius 2 is 2.06 bits per heavy atom. The van der Waals surface area contributed by atoms with Crippen LogP contribution in [0, 0.1) is 0 Å². The van der Waals surface area contributed by atoms with Crippen molar-refractivity contribution >= 4 is 5.97 Å². The number of benzene rings is 1. The molecule has 2 rings (SSSR count). The number of carbonyl (C=O) groups is 1. The minimum absolute atomic E-state index is 0.00400. The molecule has 17 heavy (non-hydrogen) atoms. The zero-order chi connectivity index (χ0) is 12.6. The summed E-state index contributed by atoms with van der Waals surface area (Å²) in [6, 6.07) is 4.12. The molecule has 1 unspecified atom stereocenters. The van der Waals surface area contributed by atoms with Crippen molar-refractivity contribution in [2.45, 2.75) is 24.4 Å². The Bertz CT molecular complexity index is 450. The van der Waals surface area contributed by atoms with Gasteiger partial charge in [-0.25, -0.2) is 4.79 Å². The van der Waals surface area contributed by atoms with Crippen molar-refractivity contribution < 1.29 is 24.9 Å². The van der Waals surface area contributed by atoms with Crippen molar-refractivity contribution in [3.8, 4) is 11.5 Å². The molecule has 1 aliphatic rings. The molecule has 0 bridgehead atoms. The highest BCUT2D eigenvalue weighted by atomic mass is 16.5. The van der Waals surface area contributed by atoms with Crippen LogP contribution in [0.2, 0.25) is 0 Å². The van der Waals surface area contributed by atoms with E-state index in [9.17, 15) is 15.0 Å². The van der Waals surface area contributed by atoms with Crippen molar-refractivity contribution in [1.29, 1.82) is 0 Å². The lowest BCUT2D eigenvalue weighted by Gasteiger charge is -2.23. The third-order valence-corrected chi connectivity index (χ3v) is 3.27. The van der Waals surface area contributed by atoms with Crippen LogP contribution >= 0.6 is 0 Å². The van der Waals surface area contributed by atoms with Crippen LogP contribution in [0.25, 0.3) is 0 Å². The summed E-state index contributed by atoms with van der Waals surface area (Å²) in [5, 5.41) is 28.3. The lowest BCUT2D eigenvalue weighted by Crippen LogP contribution is -2.35. The Labute approximate surface area is 98.3 Å². The van der Waals surface area contributed by atoms with Crippen molar-refractivity contribution in [1.82, 2.24) is 0 Å². The summed E-state index contributed by atoms with van der Waals surface area (Å²) < 4.78 is 5.00. The summed E-state index contributed by atoms with van der Waals surface area (Å²) in [4.78, 5) is 11.1. The first-order chi connectivity index (χ1) is 8.01. The van der Waals surface area contributed by atoms with Gasteiger partial charge in [-0.15, -0.1) is 0 Å². The molecule has 1 saturated carbocycles. The Kier molecular flexibility index (Phi) is 2.71. The largest absolute Gasteiger partial charge is 0.508 e. The molecule has 1 aromatic rings. The van der Waals surface area contributed by atoms with Crippen LogP contribution < -0.4 is 0 Å². The molecule has 0 aromatic heterocycles. The van der Waals surface area contributed by atoms with Crippen LogP contribution in [0.1, 0.15) is 18.4 Å². The third kappa shape index (κ3) is 1.82. The highest BCUT2D eigenvalue weighted by Crippen LogP contribution is 2.55. The Morgan fingerprint density at radius 3 is 2.53 bits per heavy atom. The monoisotopic (exact) mass is 238 g/mol. The molecular formula is C12H14O5. The van der Waals surface area contributed by atoms with Crippen molar-refractivity contribution in [3.05, 3.63) is 23.8 Å². The molecule has 3 N–H and O–H groups in total. The molecular weight excluding hydrogens is 224 g/mol. The van der Waals surface area contributed by atoms with Crippen molar-refractivity contribution in [2.24, 2.45) is 0 Å². The fourth-order valence-electron chi connectivity index (χ4n) is 2.29. The first-order valence-electron chi connectivity index (χ1n) is 5.29. The van der Waals surface area contributed by atoms with Gasteiger partial charge in [-0.1, -0.05) is 0 Å². The van der Waals surface area contributed by atoms with Gasteiger partial charge in [0.1, 0.15) is 11.5 Å². The van der Waals surface area contributed by atoms with E-state index in [1.807, 2.05) is 0 Å². The van der Waals surface area contributed by atoms with Gasteiger partial charge in [0, 0.05) is 18.1 Å². The normalized spacial score (nSPS) is 18.6. The number of carboxylic acid groups (broad SMARTS) is 1. The summed E-state index contributed by atoms with van der Waals surface area (Å²) in [6.45, 7) is 0. The Balaban J connectivity index is 2.44. The van der Waals surface area contributed by atoms with E-state index < -0.39 is 17.5 Å². The molecule has 0 heterocycles. The predicted molar refractivity (Wildman–Crippen MR) is 59.1 cm³/mol. The molecule has 1 aromatic carbocycles. The minimum atomic E-state index is -1.06. The molecule has 1 atom stereocenters. The maximum absolute atomic E-state index is 11.1. The van der Waals surface area contributed by atoms with E-state index in [0.29, 0.717) is 18.4 Å². The van der Waals surface area contributed by atoms with E-state index in [0.717, 1.165) is 0 Å². The highest BCUT2D eigenvalue weighted by molar-refractivity contribution is 5.76. The predicted octanol–water partition coefficient (Wildman–Crippen LogP) is 1.23. The van der Waals surface area contributed by atoms with Crippen molar-refractivity contribution in [2.75, 3.05) is 7.11 Å². The van der Waals surface area contributed by atoms with Crippen LogP contribution in [0.3, 0.4) is 0 Å². The van der Waals surface area contributed by atoms with Crippen LogP contribution in [0.5, 0.6) is 11.5 Å². The average molecular weight is 238 g/mol. The third-order valence-electron chi connectivity index (χ3n) is 3.27. The number of phenols is 2. The first-order valence-corrected chi connectivity index (χ1v) is 5.29. The molecule has 5 heteroatoms. The second-order valence-electron chi connectivity index (χ2n) is 4.31. The van der Waals surface area contributed by atoms with E-state index in [4.69, 9.17) is 9.84 Å². The van der Waals surface area contributed by atoms with Gasteiger partial charge in [-0.05, 0) is 31.0 Å². The zero-order valence-corrected chi connectivity index (χ0v) is 9.38. The molecule has 1 aliphatic carbocycles. The summed E-state index contributed by atoms with van der Waals surface area (Å²) in [5.74, 6) is -1.07. The smallest absolute Gasteiger partial charge is 0.333 e. The summed E-state index contributed by atoms with van der Waals surface area (Å²) in [7, 11) is 1.33. The molecule has 0 saturated heterocycles. The van der Waals surface area contributed by atoms with Gasteiger partial charge in [0.05, 0.1) is 0 Å². The summed E-state index contributed by atoms with van der Waals surface area (Å²) >= 11 is 0. The quantitative estimate of drug-likeness (QED) is 0.687. The number of hydrogen-bond acceptors (Lipinski definition) is 4. The number of aliphatic carboxylic acids is 1. The van der Waals surface area contributed by atoms with Crippen LogP contribution in [0.15, 0.2) is 18.2 Å². The molecule has 0 spiro atoms. The van der Waals surface area contributed by atoms with Gasteiger partial charge >= 0.3 is 5.97 Å². The average Bonchev–Trinajstić information content (AvgIpc) is 3.03. The summed E-state index contributed by atoms with van der Waals surface area (Å²) in [6.07, 6.45) is 0.235. The number of ether oxygens (including phenoxy) is 1. The summed E-state index contributed by atoms with van der Waals surface area (Å²) in [5.41, 5.74) is -0.282. The molecule has 0 amide bonds. The lowest BCUT2D eigenvalue weighted by molar-refractivity contribution is -0.150. The van der Waals surface area contributed by atoms with Crippen molar-refractivity contribution in [3.63, 3.8) is 0 Å².